The van der Waals surface area contributed by atoms with Gasteiger partial charge in [0.2, 0.25) is 0 Å². The highest BCUT2D eigenvalue weighted by atomic mass is 16.4. The van der Waals surface area contributed by atoms with Crippen molar-refractivity contribution < 1.29 is 14.7 Å². The molecule has 2 N–H and O–H groups in total. The van der Waals surface area contributed by atoms with E-state index in [4.69, 9.17) is 5.11 Å². The second-order valence-corrected chi connectivity index (χ2v) is 4.66. The van der Waals surface area contributed by atoms with Crippen molar-refractivity contribution in [3.8, 4) is 0 Å². The number of nitrogens with one attached hydrogen (secondary N) is 1. The molecule has 18 heavy (non-hydrogen) atoms. The van der Waals surface area contributed by atoms with Crippen LogP contribution in [-0.4, -0.2) is 33.3 Å². The molecule has 0 aliphatic rings. The molecule has 1 heterocycles. The molecule has 0 bridgehead atoms. The van der Waals surface area contributed by atoms with E-state index in [0.29, 0.717) is 18.0 Å². The Morgan fingerprint density at radius 3 is 2.67 bits per heavy atom. The molecule has 1 aromatic rings. The van der Waals surface area contributed by atoms with Gasteiger partial charge in [0.15, 0.2) is 0 Å². The van der Waals surface area contributed by atoms with Crippen molar-refractivity contribution in [2.45, 2.75) is 33.2 Å². The van der Waals surface area contributed by atoms with Crippen LogP contribution in [0.5, 0.6) is 0 Å². The number of rotatable bonds is 6. The maximum absolute atomic E-state index is 11.7. The van der Waals surface area contributed by atoms with E-state index < -0.39 is 12.0 Å². The summed E-state index contributed by atoms with van der Waals surface area (Å²) < 4.78 is 1.26. The topological polar surface area (TPSA) is 84.2 Å². The molecule has 1 atom stereocenters. The maximum Gasteiger partial charge on any atom is 0.328 e. The van der Waals surface area contributed by atoms with Gasteiger partial charge in [-0.1, -0.05) is 13.8 Å². The highest BCUT2D eigenvalue weighted by Crippen LogP contribution is 2.07. The molecule has 0 saturated carbocycles. The fourth-order valence-electron chi connectivity index (χ4n) is 1.36. The van der Waals surface area contributed by atoms with Crippen molar-refractivity contribution in [2.24, 2.45) is 5.92 Å². The van der Waals surface area contributed by atoms with Crippen LogP contribution < -0.4 is 5.32 Å². The molecule has 0 spiro atoms. The van der Waals surface area contributed by atoms with E-state index in [1.807, 2.05) is 0 Å². The minimum Gasteiger partial charge on any atom is -0.480 e. The minimum absolute atomic E-state index is 0.223. The van der Waals surface area contributed by atoms with Crippen molar-refractivity contribution in [2.75, 3.05) is 6.54 Å². The molecular formula is C12H19N3O3. The van der Waals surface area contributed by atoms with Crippen molar-refractivity contribution in [3.63, 3.8) is 0 Å². The summed E-state index contributed by atoms with van der Waals surface area (Å²) in [6.45, 7) is 6.28. The lowest BCUT2D eigenvalue weighted by molar-refractivity contribution is -0.140. The molecule has 6 nitrogen and oxygen atoms in total. The predicted octanol–water partition coefficient (Wildman–Crippen LogP) is 1.30. The van der Waals surface area contributed by atoms with Gasteiger partial charge in [0.25, 0.3) is 5.91 Å². The number of nitrogens with zero attached hydrogens (tertiary/aromatic N) is 2. The van der Waals surface area contributed by atoms with Crippen LogP contribution in [0.2, 0.25) is 0 Å². The van der Waals surface area contributed by atoms with Gasteiger partial charge < -0.3 is 10.4 Å². The Bertz CT molecular complexity index is 426. The Labute approximate surface area is 106 Å². The minimum atomic E-state index is -0.982. The maximum atomic E-state index is 11.7. The van der Waals surface area contributed by atoms with Crippen LogP contribution in [-0.2, 0) is 4.79 Å². The molecule has 100 valence electrons. The Balaban J connectivity index is 2.57. The fraction of sp³-hybridized carbons (Fsp3) is 0.583. The van der Waals surface area contributed by atoms with Crippen molar-refractivity contribution in [1.29, 1.82) is 0 Å². The smallest absolute Gasteiger partial charge is 0.328 e. The van der Waals surface area contributed by atoms with Crippen LogP contribution in [0.25, 0.3) is 0 Å². The summed E-state index contributed by atoms with van der Waals surface area (Å²) in [5, 5.41) is 15.5. The normalized spacial score (nSPS) is 12.4. The van der Waals surface area contributed by atoms with Crippen LogP contribution in [0.1, 0.15) is 43.6 Å². The zero-order valence-corrected chi connectivity index (χ0v) is 10.9. The Hall–Kier alpha value is -1.85. The standard InChI is InChI=1S/C12H19N3O3/c1-8(2)4-5-13-11(16)10-6-14-15(7-10)9(3)12(17)18/h6-9H,4-5H2,1-3H3,(H,13,16)(H,17,18). The van der Waals surface area contributed by atoms with Gasteiger partial charge in [0.05, 0.1) is 11.8 Å². The Morgan fingerprint density at radius 1 is 1.44 bits per heavy atom. The van der Waals surface area contributed by atoms with Crippen LogP contribution in [0.15, 0.2) is 12.4 Å². The third kappa shape index (κ3) is 3.87. The lowest BCUT2D eigenvalue weighted by atomic mass is 10.1. The van der Waals surface area contributed by atoms with Gasteiger partial charge in [-0.05, 0) is 19.3 Å². The van der Waals surface area contributed by atoms with E-state index in [2.05, 4.69) is 24.3 Å². The molecule has 1 rings (SSSR count). The average molecular weight is 253 g/mol. The molecule has 1 amide bonds. The molecule has 0 saturated heterocycles. The van der Waals surface area contributed by atoms with E-state index in [1.165, 1.54) is 24.0 Å². The molecular weight excluding hydrogens is 234 g/mol. The van der Waals surface area contributed by atoms with Gasteiger partial charge in [-0.25, -0.2) is 4.79 Å². The molecule has 0 radical (unpaired) electrons. The fourth-order valence-corrected chi connectivity index (χ4v) is 1.36. The van der Waals surface area contributed by atoms with E-state index in [1.54, 1.807) is 0 Å². The van der Waals surface area contributed by atoms with E-state index in [-0.39, 0.29) is 5.91 Å². The molecule has 0 aromatic carbocycles. The van der Waals surface area contributed by atoms with E-state index in [0.717, 1.165) is 6.42 Å². The highest BCUT2D eigenvalue weighted by molar-refractivity contribution is 5.93. The van der Waals surface area contributed by atoms with Gasteiger partial charge >= 0.3 is 5.97 Å². The molecule has 6 heteroatoms. The summed E-state index contributed by atoms with van der Waals surface area (Å²) in [5.41, 5.74) is 0.381. The van der Waals surface area contributed by atoms with Gasteiger partial charge in [-0.2, -0.15) is 5.10 Å². The van der Waals surface area contributed by atoms with Crippen molar-refractivity contribution in [1.82, 2.24) is 15.1 Å². The largest absolute Gasteiger partial charge is 0.480 e. The first kappa shape index (κ1) is 14.2. The average Bonchev–Trinajstić information content (AvgIpc) is 2.76. The first-order valence-electron chi connectivity index (χ1n) is 5.97. The zero-order valence-electron chi connectivity index (χ0n) is 10.9. The number of carboxylic acid groups (broad SMARTS) is 1. The van der Waals surface area contributed by atoms with Gasteiger partial charge in [-0.15, -0.1) is 0 Å². The number of amides is 1. The predicted molar refractivity (Wildman–Crippen MR) is 66.4 cm³/mol. The number of carboxylic acids is 1. The van der Waals surface area contributed by atoms with Gasteiger partial charge in [-0.3, -0.25) is 9.48 Å². The van der Waals surface area contributed by atoms with Crippen molar-refractivity contribution in [3.05, 3.63) is 18.0 Å². The lowest BCUT2D eigenvalue weighted by Gasteiger charge is -2.06. The third-order valence-electron chi connectivity index (χ3n) is 2.63. The summed E-state index contributed by atoms with van der Waals surface area (Å²) in [7, 11) is 0. The SMILES string of the molecule is CC(C)CCNC(=O)c1cnn(C(C)C(=O)O)c1. The zero-order chi connectivity index (χ0) is 13.7. The Morgan fingerprint density at radius 2 is 2.11 bits per heavy atom. The number of aliphatic carboxylic acids is 1. The second kappa shape index (κ2) is 6.18. The third-order valence-corrected chi connectivity index (χ3v) is 2.63. The quantitative estimate of drug-likeness (QED) is 0.800. The highest BCUT2D eigenvalue weighted by Gasteiger charge is 2.16. The first-order valence-corrected chi connectivity index (χ1v) is 5.97. The summed E-state index contributed by atoms with van der Waals surface area (Å²) >= 11 is 0. The molecule has 1 aromatic heterocycles. The number of carbonyl (C=O) groups is 2. The molecule has 0 aliphatic heterocycles. The van der Waals surface area contributed by atoms with E-state index >= 15 is 0 Å². The van der Waals surface area contributed by atoms with Crippen LogP contribution in [0.4, 0.5) is 0 Å². The van der Waals surface area contributed by atoms with Gasteiger partial charge in [0, 0.05) is 12.7 Å². The molecule has 0 aliphatic carbocycles. The van der Waals surface area contributed by atoms with Crippen molar-refractivity contribution >= 4 is 11.9 Å². The van der Waals surface area contributed by atoms with Crippen LogP contribution in [0, 0.1) is 5.92 Å². The van der Waals surface area contributed by atoms with E-state index in [9.17, 15) is 9.59 Å². The number of aromatic nitrogens is 2. The van der Waals surface area contributed by atoms with Gasteiger partial charge in [0.1, 0.15) is 6.04 Å². The summed E-state index contributed by atoms with van der Waals surface area (Å²) in [6, 6.07) is -0.776. The van der Waals surface area contributed by atoms with Crippen LogP contribution >= 0.6 is 0 Å². The summed E-state index contributed by atoms with van der Waals surface area (Å²) in [4.78, 5) is 22.5. The Kier molecular flexibility index (Phi) is 4.88. The molecule has 0 fully saturated rings. The number of hydrogen-bond donors (Lipinski definition) is 2. The monoisotopic (exact) mass is 253 g/mol. The molecule has 1 unspecified atom stereocenters. The lowest BCUT2D eigenvalue weighted by Crippen LogP contribution is -2.25. The summed E-state index contributed by atoms with van der Waals surface area (Å²) in [6.07, 6.45) is 3.74. The summed E-state index contributed by atoms with van der Waals surface area (Å²) in [5.74, 6) is -0.676. The number of carbonyl (C=O) groups excluding carboxylic acids is 1. The first-order chi connectivity index (χ1) is 8.41. The number of hydrogen-bond acceptors (Lipinski definition) is 3. The second-order valence-electron chi connectivity index (χ2n) is 4.66. The van der Waals surface area contributed by atoms with Crippen LogP contribution in [0.3, 0.4) is 0 Å².